The van der Waals surface area contributed by atoms with Gasteiger partial charge in [0, 0.05) is 5.56 Å². The Balaban J connectivity index is 2.35. The summed E-state index contributed by atoms with van der Waals surface area (Å²) >= 11 is 0. The third-order valence-corrected chi connectivity index (χ3v) is 2.23. The predicted molar refractivity (Wildman–Crippen MR) is 55.2 cm³/mol. The second kappa shape index (κ2) is 4.00. The van der Waals surface area contributed by atoms with E-state index in [-0.39, 0.29) is 0 Å². The summed E-state index contributed by atoms with van der Waals surface area (Å²) in [4.78, 5) is 0. The molecule has 1 aliphatic heterocycles. The lowest BCUT2D eigenvalue weighted by molar-refractivity contribution is 0.702. The number of rotatable bonds is 2. The van der Waals surface area contributed by atoms with Gasteiger partial charge < -0.3 is 0 Å². The molecule has 1 N–H and O–H groups in total. The first-order valence-corrected chi connectivity index (χ1v) is 4.68. The Labute approximate surface area is 82.7 Å². The maximum atomic E-state index is 4.11. The predicted octanol–water partition coefficient (Wildman–Crippen LogP) is 1.92. The van der Waals surface area contributed by atoms with Crippen LogP contribution in [0.1, 0.15) is 18.1 Å². The third-order valence-electron chi connectivity index (χ3n) is 2.23. The van der Waals surface area contributed by atoms with Crippen LogP contribution in [0.15, 0.2) is 39.7 Å². The topological polar surface area (TPSA) is 49.1 Å². The maximum Gasteiger partial charge on any atom is 0.107 e. The van der Waals surface area contributed by atoms with Crippen molar-refractivity contribution in [3.8, 4) is 0 Å². The molecule has 0 spiro atoms. The number of hydrogen-bond donors (Lipinski definition) is 1. The first-order valence-electron chi connectivity index (χ1n) is 4.68. The minimum atomic E-state index is 0.560. The standard InChI is InChI=1S/C10H12N4/c1-2-8-5-3-4-6-9(8)10-7-11-13-14-12-10/h3-6H,2,7H2,1H3,(H,11,14). The van der Waals surface area contributed by atoms with E-state index in [2.05, 4.69) is 40.0 Å². The molecule has 14 heavy (non-hydrogen) atoms. The quantitative estimate of drug-likeness (QED) is 0.757. The number of aryl methyl sites for hydroxylation is 1. The molecule has 0 bridgehead atoms. The van der Waals surface area contributed by atoms with Crippen LogP contribution in [0.2, 0.25) is 0 Å². The Morgan fingerprint density at radius 1 is 1.36 bits per heavy atom. The Kier molecular flexibility index (Phi) is 2.53. The van der Waals surface area contributed by atoms with Gasteiger partial charge in [-0.2, -0.15) is 15.8 Å². The first kappa shape index (κ1) is 8.87. The van der Waals surface area contributed by atoms with Gasteiger partial charge in [-0.15, -0.1) is 0 Å². The normalized spacial score (nSPS) is 14.8. The molecule has 0 radical (unpaired) electrons. The van der Waals surface area contributed by atoms with Crippen LogP contribution < -0.4 is 5.53 Å². The highest BCUT2D eigenvalue weighted by atomic mass is 15.6. The zero-order valence-corrected chi connectivity index (χ0v) is 8.07. The highest BCUT2D eigenvalue weighted by Gasteiger charge is 2.09. The molecule has 1 aliphatic rings. The lowest BCUT2D eigenvalue weighted by Gasteiger charge is -2.10. The van der Waals surface area contributed by atoms with Gasteiger partial charge >= 0.3 is 0 Å². The molecule has 0 aromatic heterocycles. The van der Waals surface area contributed by atoms with Crippen molar-refractivity contribution in [2.75, 3.05) is 6.54 Å². The maximum absolute atomic E-state index is 4.11. The van der Waals surface area contributed by atoms with E-state index in [1.807, 2.05) is 12.1 Å². The first-order chi connectivity index (χ1) is 6.92. The van der Waals surface area contributed by atoms with Gasteiger partial charge in [0.05, 0.1) is 5.71 Å². The molecule has 1 heterocycles. The summed E-state index contributed by atoms with van der Waals surface area (Å²) in [7, 11) is 0. The molecule has 0 aliphatic carbocycles. The Hall–Kier alpha value is -1.71. The van der Waals surface area contributed by atoms with Gasteiger partial charge in [0.2, 0.25) is 0 Å². The van der Waals surface area contributed by atoms with Crippen molar-refractivity contribution < 1.29 is 0 Å². The molecular formula is C10H12N4. The minimum absolute atomic E-state index is 0.560. The molecule has 0 saturated heterocycles. The smallest absolute Gasteiger partial charge is 0.107 e. The summed E-state index contributed by atoms with van der Waals surface area (Å²) in [5.74, 6) is 0. The van der Waals surface area contributed by atoms with Gasteiger partial charge in [-0.1, -0.05) is 36.4 Å². The molecule has 72 valence electrons. The van der Waals surface area contributed by atoms with Crippen molar-refractivity contribution in [2.24, 2.45) is 15.4 Å². The highest BCUT2D eigenvalue weighted by molar-refractivity contribution is 6.03. The van der Waals surface area contributed by atoms with Crippen molar-refractivity contribution >= 4 is 5.71 Å². The monoisotopic (exact) mass is 188 g/mol. The second-order valence-electron chi connectivity index (χ2n) is 3.07. The van der Waals surface area contributed by atoms with Gasteiger partial charge in [0.15, 0.2) is 0 Å². The molecule has 4 nitrogen and oxygen atoms in total. The molecule has 1 aromatic carbocycles. The zero-order valence-electron chi connectivity index (χ0n) is 8.07. The number of hydrazone groups is 1. The van der Waals surface area contributed by atoms with E-state index in [1.165, 1.54) is 11.1 Å². The van der Waals surface area contributed by atoms with Gasteiger partial charge in [0.1, 0.15) is 6.54 Å². The van der Waals surface area contributed by atoms with Crippen LogP contribution in [0.4, 0.5) is 0 Å². The summed E-state index contributed by atoms with van der Waals surface area (Å²) in [5, 5.41) is 11.6. The fraction of sp³-hybridized carbons (Fsp3) is 0.300. The summed E-state index contributed by atoms with van der Waals surface area (Å²) in [6.45, 7) is 2.70. The number of hydrogen-bond acceptors (Lipinski definition) is 4. The summed E-state index contributed by atoms with van der Waals surface area (Å²) in [5.41, 5.74) is 5.95. The van der Waals surface area contributed by atoms with E-state index < -0.39 is 0 Å². The Morgan fingerprint density at radius 3 is 2.93 bits per heavy atom. The zero-order chi connectivity index (χ0) is 9.80. The van der Waals surface area contributed by atoms with Crippen LogP contribution in [0, 0.1) is 0 Å². The van der Waals surface area contributed by atoms with E-state index in [0.29, 0.717) is 6.54 Å². The van der Waals surface area contributed by atoms with Crippen molar-refractivity contribution in [3.05, 3.63) is 35.4 Å². The SMILES string of the molecule is CCc1ccccc1C1=NNN=NC1. The average molecular weight is 188 g/mol. The van der Waals surface area contributed by atoms with Gasteiger partial charge in [-0.25, -0.2) is 0 Å². The molecule has 0 atom stereocenters. The Morgan fingerprint density at radius 2 is 2.21 bits per heavy atom. The molecule has 0 fully saturated rings. The van der Waals surface area contributed by atoms with E-state index in [1.54, 1.807) is 0 Å². The molecule has 0 amide bonds. The van der Waals surface area contributed by atoms with Gasteiger partial charge in [0.25, 0.3) is 0 Å². The molecular weight excluding hydrogens is 176 g/mol. The van der Waals surface area contributed by atoms with E-state index in [0.717, 1.165) is 12.1 Å². The van der Waals surface area contributed by atoms with Crippen LogP contribution in [-0.4, -0.2) is 12.3 Å². The van der Waals surface area contributed by atoms with Gasteiger partial charge in [-0.05, 0) is 12.0 Å². The van der Waals surface area contributed by atoms with Crippen LogP contribution >= 0.6 is 0 Å². The minimum Gasteiger partial charge on any atom is -0.179 e. The van der Waals surface area contributed by atoms with E-state index in [9.17, 15) is 0 Å². The fourth-order valence-corrected chi connectivity index (χ4v) is 1.51. The molecule has 4 heteroatoms. The number of nitrogens with one attached hydrogen (secondary N) is 1. The van der Waals surface area contributed by atoms with Crippen LogP contribution in [0.25, 0.3) is 0 Å². The lowest BCUT2D eigenvalue weighted by atomic mass is 10.0. The summed E-state index contributed by atoms with van der Waals surface area (Å²) in [6, 6.07) is 8.24. The third kappa shape index (κ3) is 1.64. The second-order valence-corrected chi connectivity index (χ2v) is 3.07. The average Bonchev–Trinajstić information content (AvgIpc) is 2.30. The van der Waals surface area contributed by atoms with Crippen molar-refractivity contribution in [1.82, 2.24) is 5.53 Å². The largest absolute Gasteiger partial charge is 0.179 e. The van der Waals surface area contributed by atoms with Crippen molar-refractivity contribution in [3.63, 3.8) is 0 Å². The van der Waals surface area contributed by atoms with E-state index >= 15 is 0 Å². The van der Waals surface area contributed by atoms with Crippen molar-refractivity contribution in [2.45, 2.75) is 13.3 Å². The number of benzene rings is 1. The van der Waals surface area contributed by atoms with Crippen LogP contribution in [0.3, 0.4) is 0 Å². The lowest BCUT2D eigenvalue weighted by Crippen LogP contribution is -2.16. The fourth-order valence-electron chi connectivity index (χ4n) is 1.51. The van der Waals surface area contributed by atoms with Crippen molar-refractivity contribution in [1.29, 1.82) is 0 Å². The molecule has 2 rings (SSSR count). The summed E-state index contributed by atoms with van der Waals surface area (Å²) in [6.07, 6.45) is 1.01. The molecule has 0 unspecified atom stereocenters. The highest BCUT2D eigenvalue weighted by Crippen LogP contribution is 2.12. The number of nitrogens with zero attached hydrogens (tertiary/aromatic N) is 3. The summed E-state index contributed by atoms with van der Waals surface area (Å²) < 4.78 is 0. The van der Waals surface area contributed by atoms with Gasteiger partial charge in [-0.3, -0.25) is 0 Å². The van der Waals surface area contributed by atoms with Crippen LogP contribution in [-0.2, 0) is 6.42 Å². The van der Waals surface area contributed by atoms with E-state index in [4.69, 9.17) is 0 Å². The molecule has 0 saturated carbocycles. The Bertz CT molecular complexity index is 381. The van der Waals surface area contributed by atoms with Crippen LogP contribution in [0.5, 0.6) is 0 Å². The molecule has 1 aromatic rings.